The summed E-state index contributed by atoms with van der Waals surface area (Å²) in [5.41, 5.74) is 6.37. The van der Waals surface area contributed by atoms with Gasteiger partial charge in [-0.3, -0.25) is 14.4 Å². The molecule has 103 heavy (non-hydrogen) atoms. The van der Waals surface area contributed by atoms with Crippen molar-refractivity contribution < 1.29 is 51.3 Å². The first-order chi connectivity index (χ1) is 47.4. The highest BCUT2D eigenvalue weighted by Crippen LogP contribution is 2.40. The second kappa shape index (κ2) is 42.1. The average Bonchev–Trinajstić information content (AvgIpc) is 0.998. The molecule has 4 atom stereocenters. The largest absolute Gasteiger partial charge is 0.476 e. The molecular weight excluding hydrogens is 1490 g/mol. The Labute approximate surface area is 646 Å². The van der Waals surface area contributed by atoms with Crippen molar-refractivity contribution in [3.8, 4) is 12.0 Å². The predicted octanol–water partition coefficient (Wildman–Crippen LogP) is 13.7. The Morgan fingerprint density at radius 1 is 0.544 bits per heavy atom. The zero-order valence-electron chi connectivity index (χ0n) is 57.1. The number of allylic oxidation sites excluding steroid dienone is 2. The maximum absolute atomic E-state index is 13.8. The number of anilines is 4. The Kier molecular flexibility index (Phi) is 36.0. The molecule has 2 aromatic heterocycles. The van der Waals surface area contributed by atoms with Gasteiger partial charge in [0.15, 0.2) is 17.5 Å². The lowest BCUT2D eigenvalue weighted by molar-refractivity contribution is -0.134. The number of likely N-dealkylation sites (tertiary alicyclic amines) is 2. The number of piperazine rings is 1. The van der Waals surface area contributed by atoms with Gasteiger partial charge in [0.1, 0.15) is 30.9 Å². The average molecular weight is 1580 g/mol. The minimum atomic E-state index is -1.60. The third-order valence-electron chi connectivity index (χ3n) is 17.9. The Morgan fingerprint density at radius 3 is 1.33 bits per heavy atom. The maximum Gasteiger partial charge on any atom is 0.364 e. The van der Waals surface area contributed by atoms with Gasteiger partial charge in [-0.05, 0) is 137 Å². The minimum absolute atomic E-state index is 0. The number of ether oxygens (including phenoxy) is 2. The van der Waals surface area contributed by atoms with Gasteiger partial charge < -0.3 is 58.6 Å². The van der Waals surface area contributed by atoms with E-state index in [-0.39, 0.29) is 67.1 Å². The van der Waals surface area contributed by atoms with Crippen molar-refractivity contribution in [2.75, 3.05) is 119 Å². The molecule has 20 nitrogen and oxygen atoms in total. The Bertz CT molecular complexity index is 4010. The normalized spacial score (nSPS) is 18.0. The van der Waals surface area contributed by atoms with E-state index in [1.807, 2.05) is 30.3 Å². The summed E-state index contributed by atoms with van der Waals surface area (Å²) in [5, 5.41) is 11.1. The zero-order valence-corrected chi connectivity index (χ0v) is 64.1. The van der Waals surface area contributed by atoms with Crippen LogP contribution in [0.2, 0.25) is 10.0 Å². The molecule has 4 aromatic carbocycles. The molecule has 1 amide bonds. The van der Waals surface area contributed by atoms with Crippen molar-refractivity contribution in [1.29, 1.82) is 0 Å². The van der Waals surface area contributed by atoms with Gasteiger partial charge in [0, 0.05) is 97.1 Å². The first kappa shape index (κ1) is 88.2. The van der Waals surface area contributed by atoms with Crippen LogP contribution in [0.5, 0.6) is 12.0 Å². The lowest BCUT2D eigenvalue weighted by Crippen LogP contribution is -2.57. The van der Waals surface area contributed by atoms with Crippen molar-refractivity contribution in [3.63, 3.8) is 0 Å². The van der Waals surface area contributed by atoms with E-state index in [1.54, 1.807) is 0 Å². The highest BCUT2D eigenvalue weighted by Gasteiger charge is 2.38. The molecule has 12 rings (SSSR count). The Hall–Kier alpha value is -7.22. The molecule has 6 aromatic rings. The predicted molar refractivity (Wildman–Crippen MR) is 421 cm³/mol. The molecule has 32 heteroatoms. The van der Waals surface area contributed by atoms with Gasteiger partial charge in [-0.25, -0.2) is 31.1 Å². The molecule has 0 saturated carbocycles. The number of piperidine rings is 1. The maximum atomic E-state index is 13.8. The Morgan fingerprint density at radius 2 is 0.951 bits per heavy atom. The van der Waals surface area contributed by atoms with Crippen molar-refractivity contribution >= 4 is 167 Å². The summed E-state index contributed by atoms with van der Waals surface area (Å²) in [6.45, 7) is 35.4. The number of nitrogens with zero attached hydrogens (tertiary/aromatic N) is 13. The summed E-state index contributed by atoms with van der Waals surface area (Å²) in [4.78, 5) is 82.9. The number of hydrogen-bond donors (Lipinski definition) is 1. The number of aliphatic carboxylic acids is 1. The number of hydrogen-bond acceptors (Lipinski definition) is 16. The summed E-state index contributed by atoms with van der Waals surface area (Å²) in [6.07, 6.45) is 8.32. The van der Waals surface area contributed by atoms with Crippen molar-refractivity contribution in [2.45, 2.75) is 82.6 Å². The molecule has 4 saturated heterocycles. The fraction of sp³-hybridized carbons (Fsp3) is 0.408. The van der Waals surface area contributed by atoms with Crippen LogP contribution in [0, 0.1) is 19.1 Å². The molecule has 1 N–H and O–H groups in total. The lowest BCUT2D eigenvalue weighted by atomic mass is 9.96. The molecule has 6 aliphatic heterocycles. The highest BCUT2D eigenvalue weighted by atomic mass is 35.5. The number of carboxylic acids is 1. The summed E-state index contributed by atoms with van der Waals surface area (Å²) in [6, 6.07) is 25.7. The smallest absolute Gasteiger partial charge is 0.364 e. The van der Waals surface area contributed by atoms with E-state index in [9.17, 15) is 36.7 Å². The zero-order chi connectivity index (χ0) is 71.6. The number of rotatable bonds is 16. The number of halogens is 8. The number of likely N-dealkylation sites (N-methyl/N-ethyl adjacent to an activating group) is 2. The fourth-order valence-corrected chi connectivity index (χ4v) is 13.5. The van der Waals surface area contributed by atoms with Crippen LogP contribution >= 0.6 is 100 Å². The molecule has 0 radical (unpaired) electrons. The van der Waals surface area contributed by atoms with Crippen LogP contribution in [0.25, 0.3) is 31.2 Å². The second-order valence-electron chi connectivity index (χ2n) is 24.5. The standard InChI is InChI=1S/C32H35ClFN7O2.C30H35ClN6O.2C3H2ClFO.C3H3FO2.4H2S/c1-21(34)31(42)41-16-15-40(18-24(41)17-35-2)30-25-12-14-39(28-11-5-8-22-7-4-10-26(33)29(22)28)19-27(25)36-32(37-30)43-20-23-9-6-13-38(23)3;1-32-17-21-7-5-15-37(18-21)29-24-13-16-36(27-12-4-9-22-8-3-11-25(31)28(22)27)19-26(24)33-30(34-29)38-20-23-10-6-14-35(23)2;2*1-2(5)3(4)6;1-2(4)3(5)6;;;;/h4-5,7-8,10-11,23-24H,1,6,9,12-20H2,3H3;3-4,8-9,11-12,21,23H,5-7,10,13-20H2,2H3;2*1H2;1H2,(H,5,6);4*1H2/t23-,24-;21-,23-;;;;;;;/m00......./s1. The third kappa shape index (κ3) is 23.6. The van der Waals surface area contributed by atoms with Crippen LogP contribution in [-0.4, -0.2) is 180 Å². The number of amides is 1. The first-order valence-corrected chi connectivity index (χ1v) is 33.7. The van der Waals surface area contributed by atoms with Gasteiger partial charge in [-0.15, -0.1) is 0 Å². The van der Waals surface area contributed by atoms with Gasteiger partial charge >= 0.3 is 18.0 Å². The first-order valence-electron chi connectivity index (χ1n) is 32.2. The number of benzene rings is 4. The van der Waals surface area contributed by atoms with E-state index < -0.39 is 51.7 Å². The van der Waals surface area contributed by atoms with E-state index in [1.165, 1.54) is 16.9 Å². The number of aromatic nitrogens is 4. The molecule has 556 valence electrons. The van der Waals surface area contributed by atoms with E-state index in [2.05, 4.69) is 145 Å². The molecule has 4 fully saturated rings. The summed E-state index contributed by atoms with van der Waals surface area (Å²) >= 11 is 22.4. The molecule has 0 unspecified atom stereocenters. The summed E-state index contributed by atoms with van der Waals surface area (Å²) in [5.74, 6) is -4.76. The Balaban J connectivity index is 0.000000343. The molecule has 0 bridgehead atoms. The van der Waals surface area contributed by atoms with Gasteiger partial charge in [0.25, 0.3) is 16.4 Å². The van der Waals surface area contributed by atoms with E-state index in [0.29, 0.717) is 87.4 Å². The van der Waals surface area contributed by atoms with Gasteiger partial charge in [0.05, 0.1) is 34.5 Å². The fourth-order valence-electron chi connectivity index (χ4n) is 12.9. The van der Waals surface area contributed by atoms with Gasteiger partial charge in [0.2, 0.25) is 18.9 Å². The van der Waals surface area contributed by atoms with Crippen molar-refractivity contribution in [1.82, 2.24) is 34.6 Å². The van der Waals surface area contributed by atoms with E-state index in [4.69, 9.17) is 70.9 Å². The quantitative estimate of drug-likeness (QED) is 0.0416. The van der Waals surface area contributed by atoms with Crippen LogP contribution in [0.1, 0.15) is 61.0 Å². The van der Waals surface area contributed by atoms with Crippen LogP contribution in [0.4, 0.5) is 40.6 Å². The highest BCUT2D eigenvalue weighted by molar-refractivity contribution is 7.59. The molecule has 8 heterocycles. The molecule has 0 spiro atoms. The van der Waals surface area contributed by atoms with Gasteiger partial charge in [-0.2, -0.15) is 78.3 Å². The number of carbonyl (C=O) groups is 4. The van der Waals surface area contributed by atoms with Crippen LogP contribution in [0.15, 0.2) is 122 Å². The van der Waals surface area contributed by atoms with Gasteiger partial charge in [-0.1, -0.05) is 98.0 Å². The number of fused-ring (bicyclic) bond motifs is 4. The minimum Gasteiger partial charge on any atom is -0.476 e. The van der Waals surface area contributed by atoms with Crippen molar-refractivity contribution in [2.24, 2.45) is 5.92 Å². The molecule has 6 aliphatic rings. The van der Waals surface area contributed by atoms with E-state index >= 15 is 0 Å². The number of carboxylic acid groups (broad SMARTS) is 1. The van der Waals surface area contributed by atoms with Crippen LogP contribution in [-0.2, 0) is 45.1 Å². The summed E-state index contributed by atoms with van der Waals surface area (Å²) < 4.78 is 59.7. The van der Waals surface area contributed by atoms with Crippen LogP contribution in [0.3, 0.4) is 0 Å². The SMILES string of the molecule is C=C(F)C(=O)Cl.C=C(F)C(=O)Cl.C=C(F)C(=O)O.S.S.S.S.[C-]#[N+]C[C@@H]1CCCN(c2nc(OC[C@@H]3CCCN3C)nc3c2CCN(c2cccc4cccc(Cl)c24)C3)C1.[C-]#[N+]C[C@H]1CN(c2nc(OC[C@@H]3CCCN3C)nc3c2CCN(c2cccc4cccc(Cl)c24)C3)CCN1C(=O)C(=C)F. The molecular formula is C71H85Cl4F4N13O7S4. The van der Waals surface area contributed by atoms with Crippen LogP contribution < -0.4 is 29.1 Å². The lowest BCUT2D eigenvalue weighted by Gasteiger charge is -2.41. The summed E-state index contributed by atoms with van der Waals surface area (Å²) in [7, 11) is 4.27. The molecule has 0 aliphatic carbocycles. The number of carbonyl (C=O) groups excluding carboxylic acids is 3. The van der Waals surface area contributed by atoms with Crippen molar-refractivity contribution in [3.05, 3.63) is 178 Å². The second-order valence-corrected chi connectivity index (χ2v) is 26.0. The topological polar surface area (TPSA) is 190 Å². The monoisotopic (exact) mass is 1580 g/mol. The third-order valence-corrected chi connectivity index (χ3v) is 19.0. The van der Waals surface area contributed by atoms with E-state index in [0.717, 1.165) is 144 Å².